The number of amides is 1. The first-order valence-electron chi connectivity index (χ1n) is 6.42. The Balaban J connectivity index is 1.83. The van der Waals surface area contributed by atoms with Crippen LogP contribution in [0.15, 0.2) is 15.9 Å². The Hall–Kier alpha value is -0.920. The molecule has 1 aliphatic rings. The number of carbonyl (C=O) groups excluding carboxylic acids is 1. The molecule has 2 atom stereocenters. The number of aryl methyl sites for hydroxylation is 1. The van der Waals surface area contributed by atoms with Gasteiger partial charge < -0.3 is 15.1 Å². The Morgan fingerprint density at radius 2 is 2.20 bits per heavy atom. The van der Waals surface area contributed by atoms with Crippen LogP contribution >= 0.6 is 27.3 Å². The monoisotopic (exact) mass is 361 g/mol. The predicted molar refractivity (Wildman–Crippen MR) is 78.7 cm³/mol. The maximum absolute atomic E-state index is 12.0. The van der Waals surface area contributed by atoms with Crippen molar-refractivity contribution in [1.29, 1.82) is 0 Å². The number of hydrogen-bond acceptors (Lipinski definition) is 4. The fourth-order valence-corrected chi connectivity index (χ4v) is 3.89. The summed E-state index contributed by atoms with van der Waals surface area (Å²) in [6.07, 6.45) is 1.19. The van der Waals surface area contributed by atoms with Crippen LogP contribution in [-0.4, -0.2) is 45.7 Å². The SMILES string of the molecule is O=C(O)[C@@H]1CC(O)CN1C(=O)CCCc1ccc(Br)s1. The summed E-state index contributed by atoms with van der Waals surface area (Å²) in [4.78, 5) is 25.6. The Kier molecular flexibility index (Phi) is 5.17. The molecule has 110 valence electrons. The Morgan fingerprint density at radius 1 is 1.45 bits per heavy atom. The number of thiophene rings is 1. The van der Waals surface area contributed by atoms with E-state index in [4.69, 9.17) is 5.11 Å². The molecule has 0 radical (unpaired) electrons. The number of carbonyl (C=O) groups is 2. The average Bonchev–Trinajstić information content (AvgIpc) is 2.95. The lowest BCUT2D eigenvalue weighted by molar-refractivity contribution is -0.148. The van der Waals surface area contributed by atoms with Gasteiger partial charge in [-0.3, -0.25) is 4.79 Å². The maximum Gasteiger partial charge on any atom is 0.326 e. The topological polar surface area (TPSA) is 77.8 Å². The quantitative estimate of drug-likeness (QED) is 0.839. The van der Waals surface area contributed by atoms with Crippen LogP contribution in [0.2, 0.25) is 0 Å². The van der Waals surface area contributed by atoms with E-state index in [0.717, 1.165) is 10.2 Å². The summed E-state index contributed by atoms with van der Waals surface area (Å²) in [5.74, 6) is -1.23. The molecule has 1 unspecified atom stereocenters. The van der Waals surface area contributed by atoms with Gasteiger partial charge in [-0.05, 0) is 40.9 Å². The molecule has 1 aromatic rings. The number of aliphatic hydroxyl groups is 1. The van der Waals surface area contributed by atoms with Gasteiger partial charge in [0.05, 0.1) is 9.89 Å². The highest BCUT2D eigenvalue weighted by atomic mass is 79.9. The van der Waals surface area contributed by atoms with Crippen LogP contribution in [0.1, 0.15) is 24.1 Å². The summed E-state index contributed by atoms with van der Waals surface area (Å²) in [6.45, 7) is 0.125. The van der Waals surface area contributed by atoms with Crippen LogP contribution in [0.25, 0.3) is 0 Å². The molecule has 0 aliphatic carbocycles. The number of halogens is 1. The highest BCUT2D eigenvalue weighted by molar-refractivity contribution is 9.11. The molecular weight excluding hydrogens is 346 g/mol. The van der Waals surface area contributed by atoms with E-state index in [9.17, 15) is 14.7 Å². The number of aliphatic carboxylic acids is 1. The second-order valence-electron chi connectivity index (χ2n) is 4.85. The standard InChI is InChI=1S/C13H16BrNO4S/c14-11-5-4-9(20-11)2-1-3-12(17)15-7-8(16)6-10(15)13(18)19/h4-5,8,10,16H,1-3,6-7H2,(H,18,19)/t8?,10-/m0/s1. The first-order valence-corrected chi connectivity index (χ1v) is 8.03. The number of β-amino-alcohol motifs (C(OH)–C–C–N with tert-alkyl or cyclic N) is 1. The Labute approximate surface area is 129 Å². The number of carboxylic acids is 1. The van der Waals surface area contributed by atoms with Gasteiger partial charge in [-0.2, -0.15) is 0 Å². The minimum absolute atomic E-state index is 0.124. The smallest absolute Gasteiger partial charge is 0.326 e. The van der Waals surface area contributed by atoms with E-state index in [2.05, 4.69) is 15.9 Å². The Bertz CT molecular complexity index is 504. The van der Waals surface area contributed by atoms with Gasteiger partial charge in [0.15, 0.2) is 0 Å². The van der Waals surface area contributed by atoms with Crippen molar-refractivity contribution in [3.8, 4) is 0 Å². The van der Waals surface area contributed by atoms with Crippen molar-refractivity contribution in [2.24, 2.45) is 0 Å². The van der Waals surface area contributed by atoms with Gasteiger partial charge in [0.25, 0.3) is 0 Å². The molecule has 1 aliphatic heterocycles. The molecule has 0 bridgehead atoms. The third kappa shape index (κ3) is 3.80. The highest BCUT2D eigenvalue weighted by Crippen LogP contribution is 2.24. The van der Waals surface area contributed by atoms with E-state index >= 15 is 0 Å². The van der Waals surface area contributed by atoms with Crippen LogP contribution in [-0.2, 0) is 16.0 Å². The fraction of sp³-hybridized carbons (Fsp3) is 0.538. The molecule has 20 heavy (non-hydrogen) atoms. The van der Waals surface area contributed by atoms with Gasteiger partial charge in [0, 0.05) is 24.3 Å². The molecule has 0 aromatic carbocycles. The lowest BCUT2D eigenvalue weighted by atomic mass is 10.1. The first kappa shape index (κ1) is 15.5. The first-order chi connectivity index (χ1) is 9.47. The van der Waals surface area contributed by atoms with Gasteiger partial charge >= 0.3 is 5.97 Å². The van der Waals surface area contributed by atoms with Crippen molar-refractivity contribution in [2.75, 3.05) is 6.54 Å². The van der Waals surface area contributed by atoms with Gasteiger partial charge in [-0.1, -0.05) is 0 Å². The second kappa shape index (κ2) is 6.69. The minimum Gasteiger partial charge on any atom is -0.480 e. The lowest BCUT2D eigenvalue weighted by Gasteiger charge is -2.21. The van der Waals surface area contributed by atoms with Crippen molar-refractivity contribution in [2.45, 2.75) is 37.8 Å². The van der Waals surface area contributed by atoms with Crippen LogP contribution in [0.5, 0.6) is 0 Å². The number of rotatable bonds is 5. The maximum atomic E-state index is 12.0. The number of likely N-dealkylation sites (tertiary alicyclic amines) is 1. The zero-order valence-electron chi connectivity index (χ0n) is 10.8. The zero-order chi connectivity index (χ0) is 14.7. The average molecular weight is 362 g/mol. The largest absolute Gasteiger partial charge is 0.480 e. The molecule has 0 spiro atoms. The molecular formula is C13H16BrNO4S. The van der Waals surface area contributed by atoms with Crippen molar-refractivity contribution < 1.29 is 19.8 Å². The molecule has 2 N–H and O–H groups in total. The van der Waals surface area contributed by atoms with Crippen molar-refractivity contribution in [3.05, 3.63) is 20.8 Å². The van der Waals surface area contributed by atoms with E-state index in [0.29, 0.717) is 12.8 Å². The van der Waals surface area contributed by atoms with E-state index in [1.54, 1.807) is 11.3 Å². The molecule has 2 heterocycles. The normalized spacial score (nSPS) is 22.2. The van der Waals surface area contributed by atoms with E-state index < -0.39 is 18.1 Å². The molecule has 1 fully saturated rings. The van der Waals surface area contributed by atoms with Gasteiger partial charge in [-0.15, -0.1) is 11.3 Å². The van der Waals surface area contributed by atoms with Crippen molar-refractivity contribution in [1.82, 2.24) is 4.90 Å². The molecule has 1 aromatic heterocycles. The summed E-state index contributed by atoms with van der Waals surface area (Å²) in [5, 5.41) is 18.6. The summed E-state index contributed by atoms with van der Waals surface area (Å²) < 4.78 is 1.06. The summed E-state index contributed by atoms with van der Waals surface area (Å²) in [7, 11) is 0. The number of hydrogen-bond donors (Lipinski definition) is 2. The molecule has 5 nitrogen and oxygen atoms in total. The van der Waals surface area contributed by atoms with Gasteiger partial charge in [0.1, 0.15) is 6.04 Å². The lowest BCUT2D eigenvalue weighted by Crippen LogP contribution is -2.40. The fourth-order valence-electron chi connectivity index (χ4n) is 2.37. The second-order valence-corrected chi connectivity index (χ2v) is 7.40. The van der Waals surface area contributed by atoms with E-state index in [1.165, 1.54) is 9.78 Å². The zero-order valence-corrected chi connectivity index (χ0v) is 13.2. The number of nitrogens with zero attached hydrogens (tertiary/aromatic N) is 1. The summed E-state index contributed by atoms with van der Waals surface area (Å²) >= 11 is 5.02. The minimum atomic E-state index is -1.04. The van der Waals surface area contributed by atoms with Crippen LogP contribution in [0, 0.1) is 0 Å². The van der Waals surface area contributed by atoms with E-state index in [-0.39, 0.29) is 18.9 Å². The summed E-state index contributed by atoms with van der Waals surface area (Å²) in [6, 6.07) is 3.10. The van der Waals surface area contributed by atoms with Gasteiger partial charge in [-0.25, -0.2) is 4.79 Å². The molecule has 1 amide bonds. The number of aliphatic hydroxyl groups excluding tert-OH is 1. The predicted octanol–water partition coefficient (Wildman–Crippen LogP) is 1.88. The summed E-state index contributed by atoms with van der Waals surface area (Å²) in [5.41, 5.74) is 0. The van der Waals surface area contributed by atoms with Crippen LogP contribution in [0.4, 0.5) is 0 Å². The van der Waals surface area contributed by atoms with Gasteiger partial charge in [0.2, 0.25) is 5.91 Å². The third-order valence-corrected chi connectivity index (χ3v) is 5.01. The third-order valence-electron chi connectivity index (χ3n) is 3.33. The molecule has 2 rings (SSSR count). The molecule has 1 saturated heterocycles. The van der Waals surface area contributed by atoms with Crippen molar-refractivity contribution in [3.63, 3.8) is 0 Å². The van der Waals surface area contributed by atoms with Crippen LogP contribution in [0.3, 0.4) is 0 Å². The molecule has 7 heteroatoms. The van der Waals surface area contributed by atoms with Crippen LogP contribution < -0.4 is 0 Å². The highest BCUT2D eigenvalue weighted by Gasteiger charge is 2.38. The van der Waals surface area contributed by atoms with E-state index in [1.807, 2.05) is 12.1 Å². The number of carboxylic acid groups (broad SMARTS) is 1. The van der Waals surface area contributed by atoms with Crippen molar-refractivity contribution >= 4 is 39.1 Å². The molecule has 0 saturated carbocycles. The Morgan fingerprint density at radius 3 is 2.80 bits per heavy atom.